The molecule has 25 heavy (non-hydrogen) atoms. The quantitative estimate of drug-likeness (QED) is 0.553. The standard InChI is InChI=1S/C19H19N5S/c1-2-4-17-15(3-1)5-7-21-18(17)12-24(13-19-22-8-10-25-19)9-6-16-11-20-14-23-16/h1-5,7-8,10-11,14H,6,9,12-13H2,(H,20,23). The monoisotopic (exact) mass is 349 g/mol. The number of hydrogen-bond donors (Lipinski definition) is 1. The highest BCUT2D eigenvalue weighted by Gasteiger charge is 2.12. The fourth-order valence-electron chi connectivity index (χ4n) is 2.96. The molecule has 4 rings (SSSR count). The third kappa shape index (κ3) is 3.92. The number of H-pyrrole nitrogens is 1. The van der Waals surface area contributed by atoms with E-state index in [0.29, 0.717) is 0 Å². The minimum Gasteiger partial charge on any atom is -0.348 e. The van der Waals surface area contributed by atoms with Gasteiger partial charge in [-0.3, -0.25) is 9.88 Å². The maximum atomic E-state index is 4.64. The number of imidazole rings is 1. The molecular weight excluding hydrogens is 330 g/mol. The lowest BCUT2D eigenvalue weighted by Gasteiger charge is -2.21. The first-order chi connectivity index (χ1) is 12.4. The molecule has 0 atom stereocenters. The lowest BCUT2D eigenvalue weighted by molar-refractivity contribution is 0.257. The molecule has 0 radical (unpaired) electrons. The molecule has 0 unspecified atom stereocenters. The molecule has 126 valence electrons. The molecule has 4 aromatic rings. The van der Waals surface area contributed by atoms with Crippen molar-refractivity contribution in [1.29, 1.82) is 0 Å². The van der Waals surface area contributed by atoms with E-state index in [1.807, 2.05) is 24.0 Å². The second-order valence-corrected chi connectivity index (χ2v) is 6.92. The molecule has 0 fully saturated rings. The number of aromatic amines is 1. The lowest BCUT2D eigenvalue weighted by atomic mass is 10.1. The fraction of sp³-hybridized carbons (Fsp3) is 0.211. The van der Waals surface area contributed by atoms with Gasteiger partial charge >= 0.3 is 0 Å². The minimum absolute atomic E-state index is 0.801. The van der Waals surface area contributed by atoms with Crippen molar-refractivity contribution in [1.82, 2.24) is 24.8 Å². The van der Waals surface area contributed by atoms with E-state index in [1.54, 1.807) is 17.7 Å². The van der Waals surface area contributed by atoms with Crippen LogP contribution in [-0.2, 0) is 19.5 Å². The molecule has 0 aliphatic heterocycles. The van der Waals surface area contributed by atoms with Crippen LogP contribution in [0.4, 0.5) is 0 Å². The summed E-state index contributed by atoms with van der Waals surface area (Å²) in [5, 5.41) is 5.61. The molecule has 0 bridgehead atoms. The minimum atomic E-state index is 0.801. The summed E-state index contributed by atoms with van der Waals surface area (Å²) in [7, 11) is 0. The molecule has 1 aromatic carbocycles. The summed E-state index contributed by atoms with van der Waals surface area (Å²) in [5.74, 6) is 0. The fourth-order valence-corrected chi connectivity index (χ4v) is 3.61. The van der Waals surface area contributed by atoms with Crippen LogP contribution in [0.2, 0.25) is 0 Å². The Labute approximate surface area is 150 Å². The highest BCUT2D eigenvalue weighted by Crippen LogP contribution is 2.19. The molecule has 6 heteroatoms. The Morgan fingerprint density at radius 1 is 1.04 bits per heavy atom. The maximum absolute atomic E-state index is 4.64. The zero-order valence-electron chi connectivity index (χ0n) is 13.8. The van der Waals surface area contributed by atoms with Crippen molar-refractivity contribution in [3.8, 4) is 0 Å². The van der Waals surface area contributed by atoms with Gasteiger partial charge in [0.1, 0.15) is 5.01 Å². The van der Waals surface area contributed by atoms with Gasteiger partial charge in [-0.2, -0.15) is 0 Å². The van der Waals surface area contributed by atoms with Crippen molar-refractivity contribution in [3.63, 3.8) is 0 Å². The van der Waals surface area contributed by atoms with Gasteiger partial charge in [0.25, 0.3) is 0 Å². The molecule has 0 saturated heterocycles. The average Bonchev–Trinajstić information content (AvgIpc) is 3.34. The molecule has 0 aliphatic rings. The average molecular weight is 349 g/mol. The van der Waals surface area contributed by atoms with E-state index in [1.165, 1.54) is 10.8 Å². The molecule has 3 heterocycles. The second-order valence-electron chi connectivity index (χ2n) is 5.94. The van der Waals surface area contributed by atoms with E-state index < -0.39 is 0 Å². The van der Waals surface area contributed by atoms with Crippen LogP contribution in [0.1, 0.15) is 16.4 Å². The summed E-state index contributed by atoms with van der Waals surface area (Å²) in [6, 6.07) is 10.5. The normalized spacial score (nSPS) is 11.4. The van der Waals surface area contributed by atoms with Crippen LogP contribution in [0.25, 0.3) is 10.8 Å². The van der Waals surface area contributed by atoms with Crippen molar-refractivity contribution < 1.29 is 0 Å². The Morgan fingerprint density at radius 3 is 2.84 bits per heavy atom. The predicted molar refractivity (Wildman–Crippen MR) is 100 cm³/mol. The van der Waals surface area contributed by atoms with Crippen molar-refractivity contribution in [2.24, 2.45) is 0 Å². The third-order valence-corrected chi connectivity index (χ3v) is 4.99. The first-order valence-corrected chi connectivity index (χ1v) is 9.17. The number of benzene rings is 1. The largest absolute Gasteiger partial charge is 0.348 e. The summed E-state index contributed by atoms with van der Waals surface area (Å²) in [4.78, 5) is 18.8. The smallest absolute Gasteiger partial charge is 0.107 e. The number of nitrogens with one attached hydrogen (secondary N) is 1. The molecule has 0 amide bonds. The Kier molecular flexibility index (Phi) is 4.81. The maximum Gasteiger partial charge on any atom is 0.107 e. The van der Waals surface area contributed by atoms with Crippen molar-refractivity contribution in [2.75, 3.05) is 6.54 Å². The summed E-state index contributed by atoms with van der Waals surface area (Å²) < 4.78 is 0. The molecular formula is C19H19N5S. The summed E-state index contributed by atoms with van der Waals surface area (Å²) >= 11 is 1.70. The van der Waals surface area contributed by atoms with Crippen LogP contribution in [-0.4, -0.2) is 31.4 Å². The molecule has 3 aromatic heterocycles. The van der Waals surface area contributed by atoms with Gasteiger partial charge < -0.3 is 4.98 Å². The van der Waals surface area contributed by atoms with Crippen LogP contribution in [0.15, 0.2) is 60.6 Å². The summed E-state index contributed by atoms with van der Waals surface area (Å²) in [5.41, 5.74) is 2.26. The first kappa shape index (κ1) is 15.9. The van der Waals surface area contributed by atoms with Crippen LogP contribution < -0.4 is 0 Å². The number of thiazole rings is 1. The molecule has 0 saturated carbocycles. The van der Waals surface area contributed by atoms with Gasteiger partial charge in [0, 0.05) is 54.6 Å². The highest BCUT2D eigenvalue weighted by molar-refractivity contribution is 7.09. The van der Waals surface area contributed by atoms with E-state index in [4.69, 9.17) is 0 Å². The zero-order chi connectivity index (χ0) is 16.9. The van der Waals surface area contributed by atoms with Gasteiger partial charge in [0.15, 0.2) is 0 Å². The van der Waals surface area contributed by atoms with E-state index in [2.05, 4.69) is 55.2 Å². The third-order valence-electron chi connectivity index (χ3n) is 4.22. The van der Waals surface area contributed by atoms with E-state index in [9.17, 15) is 0 Å². The van der Waals surface area contributed by atoms with Crippen LogP contribution >= 0.6 is 11.3 Å². The Morgan fingerprint density at radius 2 is 2.00 bits per heavy atom. The zero-order valence-corrected chi connectivity index (χ0v) is 14.6. The molecule has 1 N–H and O–H groups in total. The number of rotatable bonds is 7. The molecule has 0 aliphatic carbocycles. The number of fused-ring (bicyclic) bond motifs is 1. The predicted octanol–water partition coefficient (Wildman–Crippen LogP) is 3.66. The molecule has 5 nitrogen and oxygen atoms in total. The van der Waals surface area contributed by atoms with Crippen LogP contribution in [0.5, 0.6) is 0 Å². The van der Waals surface area contributed by atoms with Gasteiger partial charge in [0.05, 0.1) is 18.6 Å². The van der Waals surface area contributed by atoms with Crippen LogP contribution in [0, 0.1) is 0 Å². The SMILES string of the molecule is c1ccc2c(CN(CCc3cnc[nH]3)Cc3nccs3)nccc2c1. The van der Waals surface area contributed by atoms with Gasteiger partial charge in [-0.1, -0.05) is 24.3 Å². The van der Waals surface area contributed by atoms with E-state index in [0.717, 1.165) is 42.5 Å². The second kappa shape index (κ2) is 7.55. The van der Waals surface area contributed by atoms with Crippen LogP contribution in [0.3, 0.4) is 0 Å². The van der Waals surface area contributed by atoms with Crippen molar-refractivity contribution >= 4 is 22.1 Å². The summed E-state index contributed by atoms with van der Waals surface area (Å²) in [6.45, 7) is 2.55. The summed E-state index contributed by atoms with van der Waals surface area (Å²) in [6.07, 6.45) is 8.30. The number of aromatic nitrogens is 4. The first-order valence-electron chi connectivity index (χ1n) is 8.29. The van der Waals surface area contributed by atoms with Crippen molar-refractivity contribution in [3.05, 3.63) is 77.0 Å². The van der Waals surface area contributed by atoms with E-state index in [-0.39, 0.29) is 0 Å². The Hall–Kier alpha value is -2.57. The molecule has 0 spiro atoms. The van der Waals surface area contributed by atoms with Gasteiger partial charge in [0.2, 0.25) is 0 Å². The van der Waals surface area contributed by atoms with Crippen molar-refractivity contribution in [2.45, 2.75) is 19.5 Å². The lowest BCUT2D eigenvalue weighted by Crippen LogP contribution is -2.26. The van der Waals surface area contributed by atoms with Gasteiger partial charge in [-0.25, -0.2) is 9.97 Å². The number of nitrogens with zero attached hydrogens (tertiary/aromatic N) is 4. The van der Waals surface area contributed by atoms with Gasteiger partial charge in [-0.15, -0.1) is 11.3 Å². The Bertz CT molecular complexity index is 913. The Balaban J connectivity index is 1.55. The topological polar surface area (TPSA) is 57.7 Å². The van der Waals surface area contributed by atoms with Gasteiger partial charge in [-0.05, 0) is 11.5 Å². The number of hydrogen-bond acceptors (Lipinski definition) is 5. The highest BCUT2D eigenvalue weighted by atomic mass is 32.1. The van der Waals surface area contributed by atoms with E-state index >= 15 is 0 Å². The number of pyridine rings is 1.